The Kier molecular flexibility index (Phi) is 5.20. The molecule has 18 heavy (non-hydrogen) atoms. The summed E-state index contributed by atoms with van der Waals surface area (Å²) in [6, 6.07) is 7.31. The van der Waals surface area contributed by atoms with Crippen molar-refractivity contribution < 1.29 is 14.4 Å². The van der Waals surface area contributed by atoms with E-state index < -0.39 is 0 Å². The van der Waals surface area contributed by atoms with Crippen LogP contribution in [-0.4, -0.2) is 32.2 Å². The van der Waals surface area contributed by atoms with Crippen LogP contribution in [-0.2, 0) is 4.74 Å². The molecule has 0 bridgehead atoms. The normalized spacial score (nSPS) is 16.5. The Morgan fingerprint density at radius 1 is 1.28 bits per heavy atom. The van der Waals surface area contributed by atoms with Crippen molar-refractivity contribution in [1.29, 1.82) is 0 Å². The predicted octanol–water partition coefficient (Wildman–Crippen LogP) is 1.67. The molecule has 4 heteroatoms. The summed E-state index contributed by atoms with van der Waals surface area (Å²) in [7, 11) is 0. The molecule has 1 heterocycles. The van der Waals surface area contributed by atoms with Crippen molar-refractivity contribution in [3.05, 3.63) is 34.3 Å². The van der Waals surface area contributed by atoms with Crippen molar-refractivity contribution >= 4 is 21.9 Å². The predicted molar refractivity (Wildman–Crippen MR) is 73.8 cm³/mol. The minimum Gasteiger partial charge on any atom is -0.456 e. The maximum absolute atomic E-state index is 11.8. The molecular formula is C14H19BrNO2+. The van der Waals surface area contributed by atoms with Gasteiger partial charge in [-0.15, -0.1) is 0 Å². The van der Waals surface area contributed by atoms with Crippen LogP contribution in [0.5, 0.6) is 0 Å². The summed E-state index contributed by atoms with van der Waals surface area (Å²) in [6.07, 6.45) is 3.95. The van der Waals surface area contributed by atoms with Gasteiger partial charge in [0.15, 0.2) is 0 Å². The molecule has 0 spiro atoms. The number of esters is 1. The van der Waals surface area contributed by atoms with Gasteiger partial charge >= 0.3 is 5.97 Å². The Hall–Kier alpha value is -0.870. The van der Waals surface area contributed by atoms with Crippen molar-refractivity contribution in [1.82, 2.24) is 0 Å². The molecule has 0 amide bonds. The smallest absolute Gasteiger partial charge is 0.338 e. The van der Waals surface area contributed by atoms with Gasteiger partial charge in [0.25, 0.3) is 0 Å². The quantitative estimate of drug-likeness (QED) is 0.858. The van der Waals surface area contributed by atoms with Gasteiger partial charge in [0, 0.05) is 4.47 Å². The van der Waals surface area contributed by atoms with Crippen molar-refractivity contribution in [3.63, 3.8) is 0 Å². The molecule has 98 valence electrons. The van der Waals surface area contributed by atoms with Gasteiger partial charge < -0.3 is 9.64 Å². The number of benzene rings is 1. The van der Waals surface area contributed by atoms with E-state index in [9.17, 15) is 4.79 Å². The van der Waals surface area contributed by atoms with E-state index in [1.165, 1.54) is 32.4 Å². The second kappa shape index (κ2) is 6.90. The van der Waals surface area contributed by atoms with E-state index in [0.717, 1.165) is 11.0 Å². The van der Waals surface area contributed by atoms with Crippen molar-refractivity contribution in [2.75, 3.05) is 26.2 Å². The second-order valence-electron chi connectivity index (χ2n) is 4.71. The molecule has 1 aliphatic rings. The number of rotatable bonds is 4. The van der Waals surface area contributed by atoms with Gasteiger partial charge in [0.1, 0.15) is 13.2 Å². The number of likely N-dealkylation sites (tertiary alicyclic amines) is 1. The van der Waals surface area contributed by atoms with Crippen LogP contribution in [0.1, 0.15) is 29.6 Å². The number of quaternary nitrogens is 1. The van der Waals surface area contributed by atoms with E-state index in [4.69, 9.17) is 4.74 Å². The lowest BCUT2D eigenvalue weighted by molar-refractivity contribution is -0.905. The van der Waals surface area contributed by atoms with Gasteiger partial charge in [-0.25, -0.2) is 4.79 Å². The van der Waals surface area contributed by atoms with Crippen LogP contribution in [0.15, 0.2) is 28.7 Å². The lowest BCUT2D eigenvalue weighted by Crippen LogP contribution is -3.13. The van der Waals surface area contributed by atoms with E-state index in [-0.39, 0.29) is 5.97 Å². The maximum atomic E-state index is 11.8. The summed E-state index contributed by atoms with van der Waals surface area (Å²) in [5, 5.41) is 0. The number of piperidine rings is 1. The molecule has 0 atom stereocenters. The van der Waals surface area contributed by atoms with Gasteiger partial charge in [-0.05, 0) is 37.5 Å². The number of hydrogen-bond acceptors (Lipinski definition) is 2. The van der Waals surface area contributed by atoms with E-state index >= 15 is 0 Å². The fourth-order valence-electron chi connectivity index (χ4n) is 2.29. The molecule has 1 aromatic carbocycles. The molecule has 1 saturated heterocycles. The highest BCUT2D eigenvalue weighted by Crippen LogP contribution is 2.12. The molecule has 0 saturated carbocycles. The van der Waals surface area contributed by atoms with E-state index in [2.05, 4.69) is 15.9 Å². The third-order valence-electron chi connectivity index (χ3n) is 3.31. The van der Waals surface area contributed by atoms with Crippen LogP contribution in [0.2, 0.25) is 0 Å². The first-order chi connectivity index (χ1) is 8.75. The van der Waals surface area contributed by atoms with E-state index in [0.29, 0.717) is 12.2 Å². The highest BCUT2D eigenvalue weighted by molar-refractivity contribution is 9.10. The van der Waals surface area contributed by atoms with Gasteiger partial charge in [-0.1, -0.05) is 22.0 Å². The minimum absolute atomic E-state index is 0.229. The van der Waals surface area contributed by atoms with Crippen LogP contribution in [0.3, 0.4) is 0 Å². The first-order valence-corrected chi connectivity index (χ1v) is 7.31. The fraction of sp³-hybridized carbons (Fsp3) is 0.500. The summed E-state index contributed by atoms with van der Waals surface area (Å²) in [5.41, 5.74) is 0.609. The Bertz CT molecular complexity index is 403. The molecule has 1 aromatic rings. The molecule has 1 fully saturated rings. The monoisotopic (exact) mass is 312 g/mol. The van der Waals surface area contributed by atoms with Crippen LogP contribution in [0.4, 0.5) is 0 Å². The van der Waals surface area contributed by atoms with Gasteiger partial charge in [0.05, 0.1) is 18.7 Å². The minimum atomic E-state index is -0.229. The van der Waals surface area contributed by atoms with Crippen LogP contribution >= 0.6 is 15.9 Å². The van der Waals surface area contributed by atoms with E-state index in [1.54, 1.807) is 17.0 Å². The summed E-state index contributed by atoms with van der Waals surface area (Å²) in [6.45, 7) is 3.88. The molecule has 0 aliphatic carbocycles. The molecule has 0 unspecified atom stereocenters. The SMILES string of the molecule is O=C(OCC[NH+]1CCCCC1)c1cccc(Br)c1. The molecule has 1 N–H and O–H groups in total. The number of carbonyl (C=O) groups is 1. The van der Waals surface area contributed by atoms with Gasteiger partial charge in [-0.3, -0.25) is 0 Å². The molecule has 0 aromatic heterocycles. The van der Waals surface area contributed by atoms with Gasteiger partial charge in [-0.2, -0.15) is 0 Å². The molecule has 2 rings (SSSR count). The third kappa shape index (κ3) is 4.10. The average molecular weight is 313 g/mol. The summed E-state index contributed by atoms with van der Waals surface area (Å²) >= 11 is 3.35. The van der Waals surface area contributed by atoms with Crippen LogP contribution in [0.25, 0.3) is 0 Å². The fourth-order valence-corrected chi connectivity index (χ4v) is 2.69. The first kappa shape index (κ1) is 13.6. The summed E-state index contributed by atoms with van der Waals surface area (Å²) < 4.78 is 6.21. The standard InChI is InChI=1S/C14H18BrNO2/c15-13-6-4-5-12(11-13)14(17)18-10-9-16-7-2-1-3-8-16/h4-6,11H,1-3,7-10H2/p+1. The number of nitrogens with one attached hydrogen (secondary N) is 1. The zero-order valence-electron chi connectivity index (χ0n) is 10.5. The molecule has 0 radical (unpaired) electrons. The molecule has 3 nitrogen and oxygen atoms in total. The van der Waals surface area contributed by atoms with Crippen LogP contribution in [0, 0.1) is 0 Å². The van der Waals surface area contributed by atoms with Crippen molar-refractivity contribution in [3.8, 4) is 0 Å². The highest BCUT2D eigenvalue weighted by atomic mass is 79.9. The average Bonchev–Trinajstić information content (AvgIpc) is 2.40. The number of hydrogen-bond donors (Lipinski definition) is 1. The zero-order chi connectivity index (χ0) is 12.8. The second-order valence-corrected chi connectivity index (χ2v) is 5.62. The van der Waals surface area contributed by atoms with E-state index in [1.807, 2.05) is 12.1 Å². The van der Waals surface area contributed by atoms with Crippen molar-refractivity contribution in [2.24, 2.45) is 0 Å². The summed E-state index contributed by atoms with van der Waals surface area (Å²) in [4.78, 5) is 13.3. The zero-order valence-corrected chi connectivity index (χ0v) is 12.0. The largest absolute Gasteiger partial charge is 0.456 e. The van der Waals surface area contributed by atoms with Crippen LogP contribution < -0.4 is 4.90 Å². The third-order valence-corrected chi connectivity index (χ3v) is 3.80. The lowest BCUT2D eigenvalue weighted by Gasteiger charge is -2.23. The number of ether oxygens (including phenoxy) is 1. The highest BCUT2D eigenvalue weighted by Gasteiger charge is 2.14. The summed E-state index contributed by atoms with van der Waals surface area (Å²) in [5.74, 6) is -0.229. The Morgan fingerprint density at radius 2 is 2.06 bits per heavy atom. The number of halogens is 1. The lowest BCUT2D eigenvalue weighted by atomic mass is 10.1. The Labute approximate surface area is 116 Å². The van der Waals surface area contributed by atoms with Crippen molar-refractivity contribution in [2.45, 2.75) is 19.3 Å². The maximum Gasteiger partial charge on any atom is 0.338 e. The molecular weight excluding hydrogens is 294 g/mol. The Morgan fingerprint density at radius 3 is 2.78 bits per heavy atom. The molecule has 1 aliphatic heterocycles. The Balaban J connectivity index is 1.74. The van der Waals surface area contributed by atoms with Gasteiger partial charge in [0.2, 0.25) is 0 Å². The first-order valence-electron chi connectivity index (χ1n) is 6.52. The number of carbonyl (C=O) groups excluding carboxylic acids is 1. The topological polar surface area (TPSA) is 30.7 Å².